The Bertz CT molecular complexity index is 738. The number of hydrogen-bond acceptors (Lipinski definition) is 3. The average Bonchev–Trinajstić information content (AvgIpc) is 3.10. The normalized spacial score (nSPS) is 20.8. The lowest BCUT2D eigenvalue weighted by molar-refractivity contribution is -0.118. The van der Waals surface area contributed by atoms with E-state index in [0.29, 0.717) is 11.6 Å². The summed E-state index contributed by atoms with van der Waals surface area (Å²) in [6.45, 7) is 2.66. The van der Waals surface area contributed by atoms with Crippen molar-refractivity contribution >= 4 is 35.7 Å². The van der Waals surface area contributed by atoms with E-state index in [2.05, 4.69) is 15.7 Å². The lowest BCUT2D eigenvalue weighted by atomic mass is 9.92. The first kappa shape index (κ1) is 18.2. The molecule has 1 aromatic heterocycles. The highest BCUT2D eigenvalue weighted by Crippen LogP contribution is 2.58. The highest BCUT2D eigenvalue weighted by Gasteiger charge is 2.57. The van der Waals surface area contributed by atoms with Gasteiger partial charge in [0.2, 0.25) is 5.91 Å². The SMILES string of the molecule is Cl.O=C(Nc1ccnn1Cc1ccc(Cl)cc1)C1CC12CCNCC2. The number of nitrogens with zero attached hydrogens (tertiary/aromatic N) is 2. The summed E-state index contributed by atoms with van der Waals surface area (Å²) in [5, 5.41) is 11.5. The largest absolute Gasteiger partial charge is 0.317 e. The molecule has 134 valence electrons. The van der Waals surface area contributed by atoms with Gasteiger partial charge in [-0.05, 0) is 55.5 Å². The number of amides is 1. The van der Waals surface area contributed by atoms with Gasteiger partial charge in [0, 0.05) is 17.0 Å². The van der Waals surface area contributed by atoms with Crippen LogP contribution in [-0.2, 0) is 11.3 Å². The zero-order chi connectivity index (χ0) is 16.6. The fourth-order valence-corrected chi connectivity index (χ4v) is 3.86. The number of hydrogen-bond donors (Lipinski definition) is 2. The molecule has 0 bridgehead atoms. The molecule has 2 heterocycles. The highest BCUT2D eigenvalue weighted by atomic mass is 35.5. The van der Waals surface area contributed by atoms with Crippen LogP contribution in [0.1, 0.15) is 24.8 Å². The molecule has 2 aliphatic rings. The van der Waals surface area contributed by atoms with Crippen molar-refractivity contribution in [2.45, 2.75) is 25.8 Å². The van der Waals surface area contributed by atoms with E-state index in [4.69, 9.17) is 11.6 Å². The molecule has 4 rings (SSSR count). The molecule has 1 spiro atoms. The minimum absolute atomic E-state index is 0. The van der Waals surface area contributed by atoms with Gasteiger partial charge in [0.25, 0.3) is 0 Å². The van der Waals surface area contributed by atoms with Gasteiger partial charge in [0.15, 0.2) is 0 Å². The number of aromatic nitrogens is 2. The Balaban J connectivity index is 0.00000182. The summed E-state index contributed by atoms with van der Waals surface area (Å²) in [5.74, 6) is 1.04. The van der Waals surface area contributed by atoms with Gasteiger partial charge in [-0.2, -0.15) is 5.10 Å². The van der Waals surface area contributed by atoms with Gasteiger partial charge in [0.1, 0.15) is 5.82 Å². The van der Waals surface area contributed by atoms with E-state index < -0.39 is 0 Å². The Hall–Kier alpha value is -1.56. The average molecular weight is 381 g/mol. The van der Waals surface area contributed by atoms with E-state index in [9.17, 15) is 4.79 Å². The summed E-state index contributed by atoms with van der Waals surface area (Å²) in [6.07, 6.45) is 4.95. The monoisotopic (exact) mass is 380 g/mol. The predicted molar refractivity (Wildman–Crippen MR) is 101 cm³/mol. The summed E-state index contributed by atoms with van der Waals surface area (Å²) >= 11 is 5.92. The van der Waals surface area contributed by atoms with E-state index in [1.54, 1.807) is 6.20 Å². The zero-order valence-electron chi connectivity index (χ0n) is 13.9. The molecule has 1 aliphatic heterocycles. The molecule has 1 aromatic carbocycles. The van der Waals surface area contributed by atoms with Crippen molar-refractivity contribution < 1.29 is 4.79 Å². The molecule has 1 saturated carbocycles. The van der Waals surface area contributed by atoms with Gasteiger partial charge >= 0.3 is 0 Å². The Morgan fingerprint density at radius 2 is 2.00 bits per heavy atom. The smallest absolute Gasteiger partial charge is 0.229 e. The Kier molecular flexibility index (Phi) is 5.37. The van der Waals surface area contributed by atoms with Crippen molar-refractivity contribution in [2.24, 2.45) is 11.3 Å². The second-order valence-corrected chi connectivity index (χ2v) is 7.30. The number of rotatable bonds is 4. The number of piperidine rings is 1. The zero-order valence-corrected chi connectivity index (χ0v) is 15.4. The molecule has 5 nitrogen and oxygen atoms in total. The fraction of sp³-hybridized carbons (Fsp3) is 0.444. The second-order valence-electron chi connectivity index (χ2n) is 6.86. The van der Waals surface area contributed by atoms with E-state index in [1.807, 2.05) is 35.0 Å². The first-order valence-electron chi connectivity index (χ1n) is 8.44. The summed E-state index contributed by atoms with van der Waals surface area (Å²) < 4.78 is 1.82. The number of halogens is 2. The minimum Gasteiger partial charge on any atom is -0.317 e. The van der Waals surface area contributed by atoms with Gasteiger partial charge in [-0.1, -0.05) is 23.7 Å². The summed E-state index contributed by atoms with van der Waals surface area (Å²) in [5.41, 5.74) is 1.34. The maximum atomic E-state index is 12.6. The molecular formula is C18H22Cl2N4O. The van der Waals surface area contributed by atoms with E-state index in [1.165, 1.54) is 0 Å². The molecule has 2 aromatic rings. The number of carbonyl (C=O) groups is 1. The Labute approximate surface area is 158 Å². The van der Waals surface area contributed by atoms with Crippen LogP contribution in [0.2, 0.25) is 5.02 Å². The van der Waals surface area contributed by atoms with Gasteiger partial charge in [0.05, 0.1) is 12.7 Å². The number of nitrogens with one attached hydrogen (secondary N) is 2. The first-order valence-corrected chi connectivity index (χ1v) is 8.82. The number of carbonyl (C=O) groups excluding carboxylic acids is 1. The topological polar surface area (TPSA) is 59.0 Å². The third-order valence-electron chi connectivity index (χ3n) is 5.32. The standard InChI is InChI=1S/C18H21ClN4O.ClH/c19-14-3-1-13(2-4-14)12-23-16(5-8-21-23)22-17(24)15-11-18(15)6-9-20-10-7-18;/h1-5,8,15,20H,6-7,9-12H2,(H,22,24);1H. The van der Waals surface area contributed by atoms with Crippen molar-refractivity contribution in [3.63, 3.8) is 0 Å². The fourth-order valence-electron chi connectivity index (χ4n) is 3.74. The predicted octanol–water partition coefficient (Wildman–Crippen LogP) is 3.33. The molecule has 1 saturated heterocycles. The first-order chi connectivity index (χ1) is 11.7. The maximum Gasteiger partial charge on any atom is 0.229 e. The second kappa shape index (κ2) is 7.36. The molecule has 1 amide bonds. The quantitative estimate of drug-likeness (QED) is 0.854. The molecule has 2 N–H and O–H groups in total. The van der Waals surface area contributed by atoms with Crippen LogP contribution in [0.3, 0.4) is 0 Å². The van der Waals surface area contributed by atoms with Gasteiger partial charge in [-0.3, -0.25) is 4.79 Å². The van der Waals surface area contributed by atoms with Crippen LogP contribution in [0.5, 0.6) is 0 Å². The van der Waals surface area contributed by atoms with Gasteiger partial charge in [-0.25, -0.2) is 4.68 Å². The summed E-state index contributed by atoms with van der Waals surface area (Å²) in [6, 6.07) is 9.53. The third kappa shape index (κ3) is 3.84. The summed E-state index contributed by atoms with van der Waals surface area (Å²) in [4.78, 5) is 12.6. The lowest BCUT2D eigenvalue weighted by Crippen LogP contribution is -2.31. The van der Waals surface area contributed by atoms with Gasteiger partial charge < -0.3 is 10.6 Å². The van der Waals surface area contributed by atoms with Crippen molar-refractivity contribution in [1.82, 2.24) is 15.1 Å². The molecule has 0 radical (unpaired) electrons. The van der Waals surface area contributed by atoms with Crippen LogP contribution < -0.4 is 10.6 Å². The highest BCUT2D eigenvalue weighted by molar-refractivity contribution is 6.30. The molecule has 1 aliphatic carbocycles. The Morgan fingerprint density at radius 3 is 2.72 bits per heavy atom. The maximum absolute atomic E-state index is 12.6. The number of anilines is 1. The van der Waals surface area contributed by atoms with Crippen molar-refractivity contribution in [3.05, 3.63) is 47.1 Å². The molecule has 1 unspecified atom stereocenters. The van der Waals surface area contributed by atoms with Crippen LogP contribution in [0.15, 0.2) is 36.5 Å². The molecule has 1 atom stereocenters. The van der Waals surface area contributed by atoms with Crippen molar-refractivity contribution in [2.75, 3.05) is 18.4 Å². The van der Waals surface area contributed by atoms with E-state index in [0.717, 1.165) is 43.7 Å². The molecule has 2 fully saturated rings. The third-order valence-corrected chi connectivity index (χ3v) is 5.57. The van der Waals surface area contributed by atoms with Crippen molar-refractivity contribution in [3.8, 4) is 0 Å². The lowest BCUT2D eigenvalue weighted by Gasteiger charge is -2.23. The van der Waals surface area contributed by atoms with Gasteiger partial charge in [-0.15, -0.1) is 12.4 Å². The molecular weight excluding hydrogens is 359 g/mol. The Morgan fingerprint density at radius 1 is 1.28 bits per heavy atom. The van der Waals surface area contributed by atoms with Crippen LogP contribution in [-0.4, -0.2) is 28.8 Å². The van der Waals surface area contributed by atoms with Crippen LogP contribution in [0.4, 0.5) is 5.82 Å². The van der Waals surface area contributed by atoms with Crippen LogP contribution in [0, 0.1) is 11.3 Å². The number of benzene rings is 1. The van der Waals surface area contributed by atoms with E-state index >= 15 is 0 Å². The minimum atomic E-state index is 0. The summed E-state index contributed by atoms with van der Waals surface area (Å²) in [7, 11) is 0. The van der Waals surface area contributed by atoms with Crippen molar-refractivity contribution in [1.29, 1.82) is 0 Å². The molecule has 25 heavy (non-hydrogen) atoms. The van der Waals surface area contributed by atoms with Crippen LogP contribution >= 0.6 is 24.0 Å². The molecule has 7 heteroatoms. The van der Waals surface area contributed by atoms with E-state index in [-0.39, 0.29) is 29.6 Å². The van der Waals surface area contributed by atoms with Crippen LogP contribution in [0.25, 0.3) is 0 Å².